The first-order valence-electron chi connectivity index (χ1n) is 5.53. The molecule has 0 aliphatic rings. The molecule has 1 aromatic carbocycles. The lowest BCUT2D eigenvalue weighted by Gasteiger charge is -2.19. The van der Waals surface area contributed by atoms with Crippen LogP contribution in [0.2, 0.25) is 5.02 Å². The second-order valence-electron chi connectivity index (χ2n) is 4.16. The van der Waals surface area contributed by atoms with Crippen molar-refractivity contribution < 1.29 is 0 Å². The van der Waals surface area contributed by atoms with E-state index >= 15 is 0 Å². The van der Waals surface area contributed by atoms with Crippen molar-refractivity contribution in [3.05, 3.63) is 58.9 Å². The number of halogens is 1. The van der Waals surface area contributed by atoms with Crippen molar-refractivity contribution in [2.75, 3.05) is 11.9 Å². The van der Waals surface area contributed by atoms with Crippen molar-refractivity contribution in [3.8, 4) is 0 Å². The number of aromatic nitrogens is 1. The number of hydrogen-bond donors (Lipinski definition) is 0. The molecule has 0 saturated heterocycles. The van der Waals surface area contributed by atoms with Crippen molar-refractivity contribution in [2.24, 2.45) is 0 Å². The molecule has 0 aliphatic heterocycles. The van der Waals surface area contributed by atoms with Crippen LogP contribution < -0.4 is 4.90 Å². The van der Waals surface area contributed by atoms with Crippen LogP contribution in [0.15, 0.2) is 42.6 Å². The quantitative estimate of drug-likeness (QED) is 0.821. The largest absolute Gasteiger partial charge is 0.369 e. The number of aryl methyl sites for hydroxylation is 1. The van der Waals surface area contributed by atoms with Gasteiger partial charge < -0.3 is 4.90 Å². The maximum absolute atomic E-state index is 5.94. The fourth-order valence-corrected chi connectivity index (χ4v) is 1.92. The molecule has 2 rings (SSSR count). The van der Waals surface area contributed by atoms with Crippen LogP contribution in [-0.2, 0) is 6.54 Å². The fraction of sp³-hybridized carbons (Fsp3) is 0.214. The first-order chi connectivity index (χ1) is 8.15. The van der Waals surface area contributed by atoms with Gasteiger partial charge in [0.25, 0.3) is 0 Å². The Morgan fingerprint density at radius 2 is 2.06 bits per heavy atom. The van der Waals surface area contributed by atoms with Crippen LogP contribution in [0.5, 0.6) is 0 Å². The van der Waals surface area contributed by atoms with Gasteiger partial charge in [0.1, 0.15) is 0 Å². The summed E-state index contributed by atoms with van der Waals surface area (Å²) in [6.45, 7) is 2.85. The minimum atomic E-state index is 0.729. The Morgan fingerprint density at radius 3 is 2.76 bits per heavy atom. The van der Waals surface area contributed by atoms with E-state index in [9.17, 15) is 0 Å². The SMILES string of the molecule is Cc1cccc(N(C)Cc2cc(Cl)ccn2)c1. The van der Waals surface area contributed by atoms with Crippen molar-refractivity contribution in [1.82, 2.24) is 4.98 Å². The Kier molecular flexibility index (Phi) is 3.64. The Labute approximate surface area is 107 Å². The van der Waals surface area contributed by atoms with Gasteiger partial charge >= 0.3 is 0 Å². The highest BCUT2D eigenvalue weighted by atomic mass is 35.5. The van der Waals surface area contributed by atoms with Crippen LogP contribution in [0.4, 0.5) is 5.69 Å². The molecule has 0 radical (unpaired) electrons. The van der Waals surface area contributed by atoms with E-state index in [1.807, 2.05) is 6.07 Å². The summed E-state index contributed by atoms with van der Waals surface area (Å²) < 4.78 is 0. The Bertz CT molecular complexity index is 511. The first-order valence-corrected chi connectivity index (χ1v) is 5.91. The van der Waals surface area contributed by atoms with E-state index in [2.05, 4.69) is 48.1 Å². The first kappa shape index (κ1) is 11.9. The molecule has 0 N–H and O–H groups in total. The molecular weight excluding hydrogens is 232 g/mol. The summed E-state index contributed by atoms with van der Waals surface area (Å²) in [5.41, 5.74) is 3.42. The summed E-state index contributed by atoms with van der Waals surface area (Å²) >= 11 is 5.94. The van der Waals surface area contributed by atoms with Crippen LogP contribution in [0, 0.1) is 6.92 Å². The number of nitrogens with zero attached hydrogens (tertiary/aromatic N) is 2. The predicted molar refractivity (Wildman–Crippen MR) is 72.5 cm³/mol. The molecule has 3 heteroatoms. The highest BCUT2D eigenvalue weighted by Crippen LogP contribution is 2.17. The smallest absolute Gasteiger partial charge is 0.0611 e. The number of rotatable bonds is 3. The van der Waals surface area contributed by atoms with Crippen molar-refractivity contribution in [3.63, 3.8) is 0 Å². The van der Waals surface area contributed by atoms with E-state index in [-0.39, 0.29) is 0 Å². The van der Waals surface area contributed by atoms with Gasteiger partial charge in [0.2, 0.25) is 0 Å². The second kappa shape index (κ2) is 5.19. The molecule has 0 amide bonds. The van der Waals surface area contributed by atoms with Gasteiger partial charge in [0, 0.05) is 24.0 Å². The van der Waals surface area contributed by atoms with Gasteiger partial charge in [0.05, 0.1) is 12.2 Å². The maximum atomic E-state index is 5.94. The molecule has 17 heavy (non-hydrogen) atoms. The van der Waals surface area contributed by atoms with Gasteiger partial charge in [-0.25, -0.2) is 0 Å². The van der Waals surface area contributed by atoms with E-state index in [0.29, 0.717) is 0 Å². The van der Waals surface area contributed by atoms with Crippen molar-refractivity contribution in [2.45, 2.75) is 13.5 Å². The number of anilines is 1. The fourth-order valence-electron chi connectivity index (χ4n) is 1.73. The van der Waals surface area contributed by atoms with Crippen molar-refractivity contribution in [1.29, 1.82) is 0 Å². The average Bonchev–Trinajstić information content (AvgIpc) is 2.29. The highest BCUT2D eigenvalue weighted by molar-refractivity contribution is 6.30. The van der Waals surface area contributed by atoms with E-state index in [1.165, 1.54) is 11.3 Å². The zero-order valence-corrected chi connectivity index (χ0v) is 10.8. The molecule has 88 valence electrons. The molecule has 0 fully saturated rings. The van der Waals surface area contributed by atoms with Crippen LogP contribution in [-0.4, -0.2) is 12.0 Å². The molecule has 0 spiro atoms. The molecule has 0 aliphatic carbocycles. The van der Waals surface area contributed by atoms with E-state index in [1.54, 1.807) is 12.3 Å². The topological polar surface area (TPSA) is 16.1 Å². The van der Waals surface area contributed by atoms with Crippen LogP contribution in [0.25, 0.3) is 0 Å². The number of benzene rings is 1. The Balaban J connectivity index is 2.14. The Morgan fingerprint density at radius 1 is 1.24 bits per heavy atom. The zero-order chi connectivity index (χ0) is 12.3. The van der Waals surface area contributed by atoms with Gasteiger partial charge in [-0.05, 0) is 36.8 Å². The standard InChI is InChI=1S/C14H15ClN2/c1-11-4-3-5-14(8-11)17(2)10-13-9-12(15)6-7-16-13/h3-9H,10H2,1-2H3. The third-order valence-corrected chi connectivity index (χ3v) is 2.86. The molecule has 0 bridgehead atoms. The van der Waals surface area contributed by atoms with E-state index in [4.69, 9.17) is 11.6 Å². The van der Waals surface area contributed by atoms with Crippen molar-refractivity contribution >= 4 is 17.3 Å². The second-order valence-corrected chi connectivity index (χ2v) is 4.60. The summed E-state index contributed by atoms with van der Waals surface area (Å²) in [5.74, 6) is 0. The summed E-state index contributed by atoms with van der Waals surface area (Å²) in [7, 11) is 2.05. The lowest BCUT2D eigenvalue weighted by molar-refractivity contribution is 0.884. The van der Waals surface area contributed by atoms with E-state index in [0.717, 1.165) is 17.3 Å². The third kappa shape index (κ3) is 3.21. The minimum absolute atomic E-state index is 0.729. The monoisotopic (exact) mass is 246 g/mol. The maximum Gasteiger partial charge on any atom is 0.0611 e. The molecule has 0 unspecified atom stereocenters. The summed E-state index contributed by atoms with van der Waals surface area (Å²) in [6, 6.07) is 12.1. The summed E-state index contributed by atoms with van der Waals surface area (Å²) in [6.07, 6.45) is 1.74. The van der Waals surface area contributed by atoms with Gasteiger partial charge in [0.15, 0.2) is 0 Å². The minimum Gasteiger partial charge on any atom is -0.369 e. The van der Waals surface area contributed by atoms with E-state index < -0.39 is 0 Å². The van der Waals surface area contributed by atoms with Crippen LogP contribution in [0.3, 0.4) is 0 Å². The van der Waals surface area contributed by atoms with Gasteiger partial charge in [-0.15, -0.1) is 0 Å². The molecule has 0 atom stereocenters. The summed E-state index contributed by atoms with van der Waals surface area (Å²) in [4.78, 5) is 6.46. The molecule has 2 aromatic rings. The van der Waals surface area contributed by atoms with Crippen LogP contribution >= 0.6 is 11.6 Å². The predicted octanol–water partition coefficient (Wildman–Crippen LogP) is 3.68. The molecule has 2 nitrogen and oxygen atoms in total. The van der Waals surface area contributed by atoms with Crippen LogP contribution in [0.1, 0.15) is 11.3 Å². The van der Waals surface area contributed by atoms with Gasteiger partial charge in [-0.2, -0.15) is 0 Å². The van der Waals surface area contributed by atoms with Gasteiger partial charge in [-0.3, -0.25) is 4.98 Å². The highest BCUT2D eigenvalue weighted by Gasteiger charge is 2.03. The molecule has 1 aromatic heterocycles. The summed E-state index contributed by atoms with van der Waals surface area (Å²) in [5, 5.41) is 0.729. The molecule has 1 heterocycles. The molecule has 0 saturated carbocycles. The van der Waals surface area contributed by atoms with Gasteiger partial charge in [-0.1, -0.05) is 23.7 Å². The normalized spacial score (nSPS) is 10.3. The number of pyridine rings is 1. The Hall–Kier alpha value is -1.54. The lowest BCUT2D eigenvalue weighted by Crippen LogP contribution is -2.17. The lowest BCUT2D eigenvalue weighted by atomic mass is 10.2. The third-order valence-electron chi connectivity index (χ3n) is 2.62. The average molecular weight is 247 g/mol. The zero-order valence-electron chi connectivity index (χ0n) is 10.0. The number of hydrogen-bond acceptors (Lipinski definition) is 2. The molecular formula is C14H15ClN2.